The molecule has 0 saturated carbocycles. The summed E-state index contributed by atoms with van der Waals surface area (Å²) in [7, 11) is 1.30. The first kappa shape index (κ1) is 15.7. The molecule has 0 unspecified atom stereocenters. The average molecular weight is 263 g/mol. The van der Waals surface area contributed by atoms with E-state index in [1.54, 1.807) is 0 Å². The smallest absolute Gasteiger partial charge is 0.246 e. The maximum Gasteiger partial charge on any atom is 0.246 e. The Bertz CT molecular complexity index is 238. The van der Waals surface area contributed by atoms with Crippen LogP contribution in [0.5, 0.6) is 0 Å². The Hall–Kier alpha value is -0.350. The van der Waals surface area contributed by atoms with Crippen molar-refractivity contribution in [3.63, 3.8) is 0 Å². The van der Waals surface area contributed by atoms with Crippen molar-refractivity contribution in [1.82, 2.24) is 5.32 Å². The summed E-state index contributed by atoms with van der Waals surface area (Å²) < 4.78 is 10.2. The van der Waals surface area contributed by atoms with Gasteiger partial charge in [0.2, 0.25) is 5.91 Å². The van der Waals surface area contributed by atoms with Gasteiger partial charge in [-0.1, -0.05) is 23.6 Å². The van der Waals surface area contributed by atoms with Crippen molar-refractivity contribution in [1.29, 1.82) is 0 Å². The summed E-state index contributed by atoms with van der Waals surface area (Å²) in [4.78, 5) is 11.1. The molecular weight excluding hydrogens is 246 g/mol. The number of carbonyl (C=O) groups excluding carboxylic acids is 1. The van der Waals surface area contributed by atoms with Gasteiger partial charge in [0.15, 0.2) is 0 Å². The van der Waals surface area contributed by atoms with Gasteiger partial charge in [-0.05, 0) is 0 Å². The molecule has 0 radical (unpaired) electrons. The molecule has 0 aromatic rings. The summed E-state index contributed by atoms with van der Waals surface area (Å²) >= 11 is 3.91. The minimum Gasteiger partial charge on any atom is -0.369 e. The zero-order valence-corrected chi connectivity index (χ0v) is 11.0. The van der Waals surface area contributed by atoms with Crippen LogP contribution in [0.25, 0.3) is 0 Å². The van der Waals surface area contributed by atoms with Gasteiger partial charge in [-0.3, -0.25) is 4.79 Å². The lowest BCUT2D eigenvalue weighted by atomic mass is 10.4. The highest BCUT2D eigenvalue weighted by atomic mass is 33.1. The van der Waals surface area contributed by atoms with E-state index in [1.165, 1.54) is 10.8 Å². The van der Waals surface area contributed by atoms with Crippen LogP contribution in [0.4, 0.5) is 0 Å². The quantitative estimate of drug-likeness (QED) is 0.226. The van der Waals surface area contributed by atoms with Gasteiger partial charge in [0.25, 0.3) is 0 Å². The molecule has 0 aromatic carbocycles. The molecule has 16 heavy (non-hydrogen) atoms. The van der Waals surface area contributed by atoms with Crippen LogP contribution >= 0.6 is 22.5 Å². The fourth-order valence-electron chi connectivity index (χ4n) is 0.760. The van der Waals surface area contributed by atoms with Crippen LogP contribution in [0.2, 0.25) is 0 Å². The van der Waals surface area contributed by atoms with Gasteiger partial charge in [-0.2, -0.15) is 0 Å². The van der Waals surface area contributed by atoms with Crippen LogP contribution in [0.1, 0.15) is 13.3 Å². The predicted octanol–water partition coefficient (Wildman–Crippen LogP) is 1.08. The molecule has 0 aliphatic rings. The summed E-state index contributed by atoms with van der Waals surface area (Å²) in [5.74, 6) is 6.03. The summed E-state index contributed by atoms with van der Waals surface area (Å²) in [5.41, 5.74) is 0. The monoisotopic (exact) mass is 263 g/mol. The fourth-order valence-corrected chi connectivity index (χ4v) is 1.18. The molecule has 0 fully saturated rings. The molecule has 0 spiro atoms. The third-order valence-corrected chi connectivity index (χ3v) is 2.01. The van der Waals surface area contributed by atoms with Crippen LogP contribution < -0.4 is 5.32 Å². The number of hydrogen-bond acceptors (Lipinski definition) is 5. The van der Waals surface area contributed by atoms with Crippen molar-refractivity contribution in [2.45, 2.75) is 13.3 Å². The largest absolute Gasteiger partial charge is 0.369 e. The van der Waals surface area contributed by atoms with E-state index in [9.17, 15) is 4.79 Å². The first-order valence-corrected chi connectivity index (χ1v) is 6.99. The normalized spacial score (nSPS) is 9.38. The van der Waals surface area contributed by atoms with Crippen molar-refractivity contribution in [2.75, 3.05) is 32.3 Å². The van der Waals surface area contributed by atoms with E-state index in [-0.39, 0.29) is 12.5 Å². The molecule has 0 atom stereocenters. The molecule has 0 heterocycles. The SMILES string of the molecule is CCC#CCNC(=O)COCCOCSS. The molecular formula is C10H17NO3S2. The Labute approximate surface area is 106 Å². The van der Waals surface area contributed by atoms with Crippen LogP contribution in [0.15, 0.2) is 0 Å². The lowest BCUT2D eigenvalue weighted by Gasteiger charge is -2.04. The number of amides is 1. The van der Waals surface area contributed by atoms with E-state index in [4.69, 9.17) is 9.47 Å². The fraction of sp³-hybridized carbons (Fsp3) is 0.700. The molecule has 0 saturated heterocycles. The van der Waals surface area contributed by atoms with Gasteiger partial charge in [0.1, 0.15) is 12.5 Å². The Morgan fingerprint density at radius 1 is 1.38 bits per heavy atom. The van der Waals surface area contributed by atoms with Crippen molar-refractivity contribution in [3.05, 3.63) is 0 Å². The lowest BCUT2D eigenvalue weighted by Crippen LogP contribution is -2.28. The second-order valence-electron chi connectivity index (χ2n) is 2.69. The van der Waals surface area contributed by atoms with Crippen LogP contribution in [0.3, 0.4) is 0 Å². The molecule has 6 heteroatoms. The highest BCUT2D eigenvalue weighted by Gasteiger charge is 1.98. The number of hydrogen-bond donors (Lipinski definition) is 2. The van der Waals surface area contributed by atoms with Crippen molar-refractivity contribution >= 4 is 28.4 Å². The van der Waals surface area contributed by atoms with Gasteiger partial charge < -0.3 is 14.8 Å². The summed E-state index contributed by atoms with van der Waals surface area (Å²) in [6.07, 6.45) is 0.798. The highest BCUT2D eigenvalue weighted by Crippen LogP contribution is 2.03. The molecule has 0 aliphatic heterocycles. The summed E-state index contributed by atoms with van der Waals surface area (Å²) in [6, 6.07) is 0. The molecule has 0 rings (SSSR count). The number of ether oxygens (including phenoxy) is 2. The second-order valence-corrected chi connectivity index (χ2v) is 3.96. The van der Waals surface area contributed by atoms with Crippen molar-refractivity contribution in [2.24, 2.45) is 0 Å². The van der Waals surface area contributed by atoms with Crippen LogP contribution in [0, 0.1) is 11.8 Å². The minimum absolute atomic E-state index is 0.0468. The molecule has 0 bridgehead atoms. The van der Waals surface area contributed by atoms with Crippen molar-refractivity contribution in [3.8, 4) is 11.8 Å². The number of carbonyl (C=O) groups is 1. The van der Waals surface area contributed by atoms with E-state index in [0.29, 0.717) is 25.7 Å². The summed E-state index contributed by atoms with van der Waals surface area (Å²) in [5, 5.41) is 2.62. The Morgan fingerprint density at radius 3 is 2.81 bits per heavy atom. The molecule has 1 N–H and O–H groups in total. The van der Waals surface area contributed by atoms with E-state index >= 15 is 0 Å². The summed E-state index contributed by atoms with van der Waals surface area (Å²) in [6.45, 7) is 3.26. The molecule has 0 aliphatic carbocycles. The Morgan fingerprint density at radius 2 is 2.12 bits per heavy atom. The van der Waals surface area contributed by atoms with E-state index in [2.05, 4.69) is 28.8 Å². The Balaban J connectivity index is 3.24. The van der Waals surface area contributed by atoms with Crippen LogP contribution in [-0.2, 0) is 14.3 Å². The lowest BCUT2D eigenvalue weighted by molar-refractivity contribution is -0.125. The molecule has 92 valence electrons. The van der Waals surface area contributed by atoms with E-state index in [1.807, 2.05) is 6.92 Å². The van der Waals surface area contributed by atoms with E-state index < -0.39 is 0 Å². The predicted molar refractivity (Wildman–Crippen MR) is 69.3 cm³/mol. The van der Waals surface area contributed by atoms with Gasteiger partial charge in [-0.25, -0.2) is 0 Å². The molecule has 1 amide bonds. The zero-order chi connectivity index (χ0) is 12.1. The van der Waals surface area contributed by atoms with Crippen LogP contribution in [-0.4, -0.2) is 38.2 Å². The maximum absolute atomic E-state index is 11.1. The maximum atomic E-state index is 11.1. The van der Waals surface area contributed by atoms with Gasteiger partial charge in [0.05, 0.1) is 19.8 Å². The Kier molecular flexibility index (Phi) is 12.4. The standard InChI is InChI=1S/C10H17NO3S2/c1-2-3-4-5-11-10(12)8-13-6-7-14-9-16-15/h15H,2,5-9H2,1H3,(H,11,12). The second kappa shape index (κ2) is 12.7. The average Bonchev–Trinajstić information content (AvgIpc) is 2.29. The molecule has 4 nitrogen and oxygen atoms in total. The molecule has 0 aromatic heterocycles. The number of rotatable bonds is 8. The van der Waals surface area contributed by atoms with Gasteiger partial charge in [0, 0.05) is 6.42 Å². The number of nitrogens with one attached hydrogen (secondary N) is 1. The first-order chi connectivity index (χ1) is 7.81. The topological polar surface area (TPSA) is 47.6 Å². The number of thiol groups is 1. The third-order valence-electron chi connectivity index (χ3n) is 1.42. The van der Waals surface area contributed by atoms with Crippen molar-refractivity contribution < 1.29 is 14.3 Å². The first-order valence-electron chi connectivity index (χ1n) is 4.95. The third kappa shape index (κ3) is 11.7. The minimum atomic E-state index is -0.158. The zero-order valence-electron chi connectivity index (χ0n) is 9.32. The van der Waals surface area contributed by atoms with Gasteiger partial charge >= 0.3 is 0 Å². The highest BCUT2D eigenvalue weighted by molar-refractivity contribution is 8.68. The van der Waals surface area contributed by atoms with Gasteiger partial charge in [-0.15, -0.1) is 17.6 Å². The van der Waals surface area contributed by atoms with E-state index in [0.717, 1.165) is 6.42 Å².